The number of methoxy groups -OCH3 is 1. The van der Waals surface area contributed by atoms with Gasteiger partial charge in [0.1, 0.15) is 11.8 Å². The van der Waals surface area contributed by atoms with Crippen molar-refractivity contribution in [1.82, 2.24) is 5.06 Å². The Morgan fingerprint density at radius 3 is 2.14 bits per heavy atom. The largest absolute Gasteiger partial charge is 0.497 e. The minimum absolute atomic E-state index is 0.0447. The Bertz CT molecular complexity index is 884. The number of sulfone groups is 1. The molecule has 2 rings (SSSR count). The molecule has 0 aliphatic rings. The molecule has 1 amide bonds. The molecule has 2 aromatic rings. The summed E-state index contributed by atoms with van der Waals surface area (Å²) in [6.45, 7) is 0.0447. The highest BCUT2D eigenvalue weighted by Gasteiger charge is 2.23. The van der Waals surface area contributed by atoms with Gasteiger partial charge >= 0.3 is 0 Å². The average molecular weight is 425 g/mol. The number of primary amides is 1. The van der Waals surface area contributed by atoms with E-state index < -0.39 is 21.8 Å². The molecule has 0 radical (unpaired) electrons. The van der Waals surface area contributed by atoms with E-state index >= 15 is 0 Å². The predicted octanol–water partition coefficient (Wildman–Crippen LogP) is 2.28. The Kier molecular flexibility index (Phi) is 7.88. The molecule has 0 saturated carbocycles. The Morgan fingerprint density at radius 2 is 1.68 bits per heavy atom. The van der Waals surface area contributed by atoms with E-state index in [1.807, 2.05) is 0 Å². The van der Waals surface area contributed by atoms with Crippen LogP contribution in [0.15, 0.2) is 58.3 Å². The van der Waals surface area contributed by atoms with Crippen molar-refractivity contribution in [2.24, 2.45) is 5.73 Å². The van der Waals surface area contributed by atoms with Gasteiger partial charge in [0, 0.05) is 6.54 Å². The van der Waals surface area contributed by atoms with Crippen molar-refractivity contribution in [3.8, 4) is 5.75 Å². The second-order valence-electron chi connectivity index (χ2n) is 6.20. The number of rotatable bonds is 10. The van der Waals surface area contributed by atoms with Gasteiger partial charge in [0.25, 0.3) is 0 Å². The second kappa shape index (κ2) is 9.92. The van der Waals surface area contributed by atoms with Gasteiger partial charge in [0.05, 0.1) is 16.9 Å². The van der Waals surface area contributed by atoms with Gasteiger partial charge in [0.2, 0.25) is 15.7 Å². The van der Waals surface area contributed by atoms with Crippen LogP contribution in [-0.2, 0) is 21.2 Å². The first-order valence-corrected chi connectivity index (χ1v) is 10.7. The molecule has 28 heavy (non-hydrogen) atoms. The number of nitrogens with two attached hydrogens (primary N) is 1. The number of hydroxylamine groups is 2. The van der Waals surface area contributed by atoms with Gasteiger partial charge < -0.3 is 15.7 Å². The predicted molar refractivity (Wildman–Crippen MR) is 108 cm³/mol. The summed E-state index contributed by atoms with van der Waals surface area (Å²) in [6, 6.07) is 11.4. The molecule has 3 N–H and O–H groups in total. The molecule has 1 unspecified atom stereocenters. The number of nitrogens with zero attached hydrogens (tertiary/aromatic N) is 1. The maximum Gasteiger partial charge on any atom is 0.237 e. The fourth-order valence-electron chi connectivity index (χ4n) is 2.69. The van der Waals surface area contributed by atoms with E-state index in [0.717, 1.165) is 5.06 Å². The van der Waals surface area contributed by atoms with Gasteiger partial charge in [-0.1, -0.05) is 12.1 Å². The fourth-order valence-corrected chi connectivity index (χ4v) is 4.13. The van der Waals surface area contributed by atoms with Gasteiger partial charge in [-0.3, -0.25) is 4.79 Å². The zero-order chi connectivity index (χ0) is 20.7. The number of thiol groups is 1. The van der Waals surface area contributed by atoms with Crippen molar-refractivity contribution in [3.63, 3.8) is 0 Å². The highest BCUT2D eigenvalue weighted by Crippen LogP contribution is 2.23. The Hall–Kier alpha value is -2.07. The van der Waals surface area contributed by atoms with Gasteiger partial charge in [-0.15, -0.1) is 0 Å². The number of hydrogen-bond donors (Lipinski definition) is 3. The lowest BCUT2D eigenvalue weighted by Crippen LogP contribution is -2.42. The molecule has 0 spiro atoms. The monoisotopic (exact) mass is 424 g/mol. The van der Waals surface area contributed by atoms with Crippen molar-refractivity contribution in [1.29, 1.82) is 0 Å². The zero-order valence-corrected chi connectivity index (χ0v) is 17.2. The van der Waals surface area contributed by atoms with E-state index in [1.165, 1.54) is 31.4 Å². The third-order valence-electron chi connectivity index (χ3n) is 4.27. The van der Waals surface area contributed by atoms with E-state index in [2.05, 4.69) is 12.6 Å². The Morgan fingerprint density at radius 1 is 1.14 bits per heavy atom. The Labute approximate surface area is 170 Å². The van der Waals surface area contributed by atoms with Crippen LogP contribution < -0.4 is 10.5 Å². The zero-order valence-electron chi connectivity index (χ0n) is 15.5. The smallest absolute Gasteiger partial charge is 0.237 e. The van der Waals surface area contributed by atoms with E-state index in [0.29, 0.717) is 29.9 Å². The first-order valence-electron chi connectivity index (χ1n) is 8.63. The van der Waals surface area contributed by atoms with Gasteiger partial charge in [0.15, 0.2) is 0 Å². The maximum atomic E-state index is 12.7. The molecular formula is C19H24N2O5S2. The number of amides is 1. The molecule has 0 fully saturated rings. The van der Waals surface area contributed by atoms with Crippen molar-refractivity contribution in [2.45, 2.75) is 35.2 Å². The summed E-state index contributed by atoms with van der Waals surface area (Å²) in [5, 5.41) is 11.1. The summed E-state index contributed by atoms with van der Waals surface area (Å²) in [6.07, 6.45) is 1.02. The van der Waals surface area contributed by atoms with Gasteiger partial charge in [-0.25, -0.2) is 8.42 Å². The highest BCUT2D eigenvalue weighted by atomic mass is 32.2. The number of hydrogen-bond acceptors (Lipinski definition) is 7. The lowest BCUT2D eigenvalue weighted by Gasteiger charge is -2.23. The first kappa shape index (κ1) is 22.2. The number of ether oxygens (including phenoxy) is 1. The molecule has 0 aliphatic carbocycles. The molecule has 0 aliphatic heterocycles. The summed E-state index contributed by atoms with van der Waals surface area (Å²) in [7, 11) is -2.16. The third-order valence-corrected chi connectivity index (χ3v) is 6.37. The van der Waals surface area contributed by atoms with Crippen LogP contribution >= 0.6 is 12.6 Å². The van der Waals surface area contributed by atoms with Crippen molar-refractivity contribution in [2.75, 3.05) is 12.9 Å². The highest BCUT2D eigenvalue weighted by molar-refractivity contribution is 7.91. The molecule has 9 heteroatoms. The standard InChI is InChI=1S/C19H24N2O5S2/c1-26-15-6-10-17(11-7-15)28(24,25)16-8-4-14(5-9-16)13-21(23)18(19(20)22)3-2-12-27/h4-11,18,23,27H,2-3,12-13H2,1H3,(H2,20,22). The van der Waals surface area contributed by atoms with Crippen LogP contribution in [0.25, 0.3) is 0 Å². The van der Waals surface area contributed by atoms with Crippen molar-refractivity contribution < 1.29 is 23.2 Å². The molecule has 0 aromatic heterocycles. The molecule has 7 nitrogen and oxygen atoms in total. The summed E-state index contributed by atoms with van der Waals surface area (Å²) < 4.78 is 30.5. The van der Waals surface area contributed by atoms with Crippen LogP contribution in [0.1, 0.15) is 18.4 Å². The Balaban J connectivity index is 2.14. The average Bonchev–Trinajstić information content (AvgIpc) is 2.68. The van der Waals surface area contributed by atoms with E-state index in [9.17, 15) is 18.4 Å². The van der Waals surface area contributed by atoms with Gasteiger partial charge in [-0.2, -0.15) is 17.7 Å². The van der Waals surface area contributed by atoms with E-state index in [4.69, 9.17) is 10.5 Å². The summed E-state index contributed by atoms with van der Waals surface area (Å²) >= 11 is 4.09. The summed E-state index contributed by atoms with van der Waals surface area (Å²) in [5.74, 6) is 0.525. The first-order chi connectivity index (χ1) is 13.3. The minimum atomic E-state index is -3.67. The van der Waals surface area contributed by atoms with Crippen molar-refractivity contribution >= 4 is 28.4 Å². The molecule has 0 heterocycles. The second-order valence-corrected chi connectivity index (χ2v) is 8.60. The number of benzene rings is 2. The van der Waals surface area contributed by atoms with Crippen LogP contribution in [0.4, 0.5) is 0 Å². The van der Waals surface area contributed by atoms with Gasteiger partial charge in [-0.05, 0) is 60.6 Å². The quantitative estimate of drug-likeness (QED) is 0.399. The summed E-state index contributed by atoms with van der Waals surface area (Å²) in [5.41, 5.74) is 5.99. The van der Waals surface area contributed by atoms with Crippen LogP contribution in [-0.4, -0.2) is 43.5 Å². The summed E-state index contributed by atoms with van der Waals surface area (Å²) in [4.78, 5) is 11.8. The molecule has 0 saturated heterocycles. The SMILES string of the molecule is COc1ccc(S(=O)(=O)c2ccc(CN(O)C(CCCS)C(N)=O)cc2)cc1. The molecule has 0 bridgehead atoms. The van der Waals surface area contributed by atoms with Crippen LogP contribution in [0.2, 0.25) is 0 Å². The number of carbonyl (C=O) groups is 1. The maximum absolute atomic E-state index is 12.7. The topological polar surface area (TPSA) is 110 Å². The molecule has 152 valence electrons. The van der Waals surface area contributed by atoms with E-state index in [1.54, 1.807) is 24.3 Å². The third kappa shape index (κ3) is 5.48. The normalized spacial score (nSPS) is 12.7. The lowest BCUT2D eigenvalue weighted by atomic mass is 10.1. The van der Waals surface area contributed by atoms with E-state index in [-0.39, 0.29) is 16.3 Å². The molecule has 2 aromatic carbocycles. The molecular weight excluding hydrogens is 400 g/mol. The van der Waals surface area contributed by atoms with Crippen LogP contribution in [0.5, 0.6) is 5.75 Å². The van der Waals surface area contributed by atoms with Crippen LogP contribution in [0, 0.1) is 0 Å². The number of carbonyl (C=O) groups excluding carboxylic acids is 1. The van der Waals surface area contributed by atoms with Crippen LogP contribution in [0.3, 0.4) is 0 Å². The fraction of sp³-hybridized carbons (Fsp3) is 0.316. The molecule has 1 atom stereocenters. The van der Waals surface area contributed by atoms with Crippen molar-refractivity contribution in [3.05, 3.63) is 54.1 Å². The minimum Gasteiger partial charge on any atom is -0.497 e. The lowest BCUT2D eigenvalue weighted by molar-refractivity contribution is -0.157.